The van der Waals surface area contributed by atoms with Crippen LogP contribution in [0.1, 0.15) is 28.4 Å². The van der Waals surface area contributed by atoms with Gasteiger partial charge in [-0.1, -0.05) is 6.07 Å². The van der Waals surface area contributed by atoms with Crippen molar-refractivity contribution in [3.8, 4) is 5.75 Å². The second-order valence-electron chi connectivity index (χ2n) is 5.27. The van der Waals surface area contributed by atoms with Crippen LogP contribution in [0.15, 0.2) is 12.1 Å². The summed E-state index contributed by atoms with van der Waals surface area (Å²) in [5.41, 5.74) is 2.77. The zero-order chi connectivity index (χ0) is 14.0. The third-order valence-electron chi connectivity index (χ3n) is 3.51. The van der Waals surface area contributed by atoms with Gasteiger partial charge in [0, 0.05) is 25.7 Å². The molecule has 0 radical (unpaired) electrons. The Bertz CT molecular complexity index is 485. The van der Waals surface area contributed by atoms with Crippen LogP contribution >= 0.6 is 0 Å². The standard InChI is InChI=1S/C15H22N2O2/c1-10-7-11(2)14(19-4)13(8-10)15(18)17-6-5-16-12(3)9-17/h7-8,12,16H,5-6,9H2,1-4H3. The molecule has 4 nitrogen and oxygen atoms in total. The van der Waals surface area contributed by atoms with Crippen LogP contribution in [0.3, 0.4) is 0 Å². The van der Waals surface area contributed by atoms with Crippen LogP contribution in [-0.2, 0) is 0 Å². The highest BCUT2D eigenvalue weighted by Gasteiger charge is 2.24. The zero-order valence-electron chi connectivity index (χ0n) is 12.1. The summed E-state index contributed by atoms with van der Waals surface area (Å²) in [5, 5.41) is 3.34. The van der Waals surface area contributed by atoms with Crippen LogP contribution in [-0.4, -0.2) is 43.6 Å². The number of benzene rings is 1. The van der Waals surface area contributed by atoms with Crippen LogP contribution in [0, 0.1) is 13.8 Å². The van der Waals surface area contributed by atoms with Gasteiger partial charge < -0.3 is 15.0 Å². The first-order chi connectivity index (χ1) is 9.02. The molecule has 0 aromatic heterocycles. The number of rotatable bonds is 2. The normalized spacial score (nSPS) is 19.4. The first-order valence-corrected chi connectivity index (χ1v) is 6.71. The molecular formula is C15H22N2O2. The molecule has 1 heterocycles. The van der Waals surface area contributed by atoms with E-state index in [1.165, 1.54) is 0 Å². The summed E-state index contributed by atoms with van der Waals surface area (Å²) in [6.45, 7) is 8.42. The van der Waals surface area contributed by atoms with Gasteiger partial charge in [-0.3, -0.25) is 4.79 Å². The fraction of sp³-hybridized carbons (Fsp3) is 0.533. The number of hydrogen-bond acceptors (Lipinski definition) is 3. The molecule has 19 heavy (non-hydrogen) atoms. The number of nitrogens with zero attached hydrogens (tertiary/aromatic N) is 1. The Hall–Kier alpha value is -1.55. The SMILES string of the molecule is COc1c(C)cc(C)cc1C(=O)N1CCNC(C)C1. The first-order valence-electron chi connectivity index (χ1n) is 6.71. The van der Waals surface area contributed by atoms with Gasteiger partial charge in [-0.25, -0.2) is 0 Å². The molecular weight excluding hydrogens is 240 g/mol. The fourth-order valence-corrected chi connectivity index (χ4v) is 2.67. The maximum atomic E-state index is 12.6. The van der Waals surface area contributed by atoms with E-state index in [2.05, 4.69) is 12.2 Å². The number of piperazine rings is 1. The summed E-state index contributed by atoms with van der Waals surface area (Å²) in [6.07, 6.45) is 0. The molecule has 1 N–H and O–H groups in total. The van der Waals surface area contributed by atoms with Crippen LogP contribution in [0.2, 0.25) is 0 Å². The van der Waals surface area contributed by atoms with E-state index in [1.54, 1.807) is 7.11 Å². The second kappa shape index (κ2) is 5.61. The molecule has 2 rings (SSSR count). The number of methoxy groups -OCH3 is 1. The van der Waals surface area contributed by atoms with Crippen molar-refractivity contribution in [2.75, 3.05) is 26.7 Å². The van der Waals surface area contributed by atoms with Gasteiger partial charge in [0.15, 0.2) is 0 Å². The summed E-state index contributed by atoms with van der Waals surface area (Å²) in [5.74, 6) is 0.763. The highest BCUT2D eigenvalue weighted by molar-refractivity contribution is 5.97. The van der Waals surface area contributed by atoms with E-state index in [4.69, 9.17) is 4.74 Å². The minimum Gasteiger partial charge on any atom is -0.496 e. The van der Waals surface area contributed by atoms with Gasteiger partial charge in [0.25, 0.3) is 5.91 Å². The molecule has 1 aliphatic rings. The maximum Gasteiger partial charge on any atom is 0.257 e. The van der Waals surface area contributed by atoms with Crippen molar-refractivity contribution < 1.29 is 9.53 Å². The van der Waals surface area contributed by atoms with Crippen molar-refractivity contribution in [1.82, 2.24) is 10.2 Å². The van der Waals surface area contributed by atoms with Gasteiger partial charge >= 0.3 is 0 Å². The zero-order valence-corrected chi connectivity index (χ0v) is 12.1. The Morgan fingerprint density at radius 1 is 1.42 bits per heavy atom. The largest absolute Gasteiger partial charge is 0.496 e. The summed E-state index contributed by atoms with van der Waals surface area (Å²) in [7, 11) is 1.62. The van der Waals surface area contributed by atoms with Gasteiger partial charge in [-0.05, 0) is 38.0 Å². The summed E-state index contributed by atoms with van der Waals surface area (Å²) in [6, 6.07) is 4.30. The number of hydrogen-bond donors (Lipinski definition) is 1. The average molecular weight is 262 g/mol. The van der Waals surface area contributed by atoms with E-state index in [0.717, 1.165) is 30.8 Å². The van der Waals surface area contributed by atoms with Gasteiger partial charge in [-0.15, -0.1) is 0 Å². The van der Waals surface area contributed by atoms with Crippen molar-refractivity contribution in [1.29, 1.82) is 0 Å². The molecule has 4 heteroatoms. The van der Waals surface area contributed by atoms with Crippen molar-refractivity contribution >= 4 is 5.91 Å². The van der Waals surface area contributed by atoms with E-state index in [0.29, 0.717) is 17.4 Å². The molecule has 1 aromatic carbocycles. The first kappa shape index (κ1) is 13.9. The minimum atomic E-state index is 0.0667. The Kier molecular flexibility index (Phi) is 4.10. The average Bonchev–Trinajstić information content (AvgIpc) is 2.37. The predicted molar refractivity (Wildman–Crippen MR) is 75.8 cm³/mol. The predicted octanol–water partition coefficient (Wildman–Crippen LogP) is 1.75. The number of nitrogens with one attached hydrogen (secondary N) is 1. The topological polar surface area (TPSA) is 41.6 Å². The van der Waals surface area contributed by atoms with E-state index < -0.39 is 0 Å². The number of ether oxygens (including phenoxy) is 1. The van der Waals surface area contributed by atoms with Crippen LogP contribution in [0.25, 0.3) is 0 Å². The molecule has 1 unspecified atom stereocenters. The van der Waals surface area contributed by atoms with Crippen LogP contribution < -0.4 is 10.1 Å². The molecule has 0 saturated carbocycles. The summed E-state index contributed by atoms with van der Waals surface area (Å²) < 4.78 is 5.41. The van der Waals surface area contributed by atoms with Crippen molar-refractivity contribution in [3.05, 3.63) is 28.8 Å². The van der Waals surface area contributed by atoms with Crippen molar-refractivity contribution in [3.63, 3.8) is 0 Å². The highest BCUT2D eigenvalue weighted by atomic mass is 16.5. The lowest BCUT2D eigenvalue weighted by molar-refractivity contribution is 0.0705. The van der Waals surface area contributed by atoms with Crippen molar-refractivity contribution in [2.24, 2.45) is 0 Å². The number of amides is 1. The van der Waals surface area contributed by atoms with E-state index >= 15 is 0 Å². The molecule has 1 atom stereocenters. The molecule has 0 bridgehead atoms. The van der Waals surface area contributed by atoms with E-state index in [9.17, 15) is 4.79 Å². The molecule has 1 saturated heterocycles. The molecule has 1 aromatic rings. The van der Waals surface area contributed by atoms with E-state index in [1.807, 2.05) is 30.9 Å². The van der Waals surface area contributed by atoms with Gasteiger partial charge in [-0.2, -0.15) is 0 Å². The van der Waals surface area contributed by atoms with Gasteiger partial charge in [0.05, 0.1) is 12.7 Å². The Morgan fingerprint density at radius 3 is 2.79 bits per heavy atom. The lowest BCUT2D eigenvalue weighted by Gasteiger charge is -2.32. The van der Waals surface area contributed by atoms with Gasteiger partial charge in [0.2, 0.25) is 0 Å². The quantitative estimate of drug-likeness (QED) is 0.883. The van der Waals surface area contributed by atoms with E-state index in [-0.39, 0.29) is 5.91 Å². The third-order valence-corrected chi connectivity index (χ3v) is 3.51. The van der Waals surface area contributed by atoms with Crippen LogP contribution in [0.4, 0.5) is 0 Å². The number of carbonyl (C=O) groups is 1. The Labute approximate surface area is 114 Å². The lowest BCUT2D eigenvalue weighted by Crippen LogP contribution is -2.51. The number of carbonyl (C=O) groups excluding carboxylic acids is 1. The Balaban J connectivity index is 2.32. The molecule has 1 fully saturated rings. The molecule has 104 valence electrons. The third kappa shape index (κ3) is 2.89. The number of aryl methyl sites for hydroxylation is 2. The summed E-state index contributed by atoms with van der Waals surface area (Å²) in [4.78, 5) is 14.5. The fourth-order valence-electron chi connectivity index (χ4n) is 2.67. The molecule has 1 aliphatic heterocycles. The van der Waals surface area contributed by atoms with Crippen LogP contribution in [0.5, 0.6) is 5.75 Å². The smallest absolute Gasteiger partial charge is 0.257 e. The molecule has 1 amide bonds. The monoisotopic (exact) mass is 262 g/mol. The van der Waals surface area contributed by atoms with Gasteiger partial charge in [0.1, 0.15) is 5.75 Å². The van der Waals surface area contributed by atoms with Crippen molar-refractivity contribution in [2.45, 2.75) is 26.8 Å². The maximum absolute atomic E-state index is 12.6. The molecule has 0 spiro atoms. The highest BCUT2D eigenvalue weighted by Crippen LogP contribution is 2.26. The lowest BCUT2D eigenvalue weighted by atomic mass is 10.0. The molecule has 0 aliphatic carbocycles. The second-order valence-corrected chi connectivity index (χ2v) is 5.27. The summed E-state index contributed by atoms with van der Waals surface area (Å²) >= 11 is 0. The minimum absolute atomic E-state index is 0.0667. The Morgan fingerprint density at radius 2 is 2.16 bits per heavy atom.